The van der Waals surface area contributed by atoms with Crippen LogP contribution >= 0.6 is 0 Å². The standard InChI is InChI=1S/C9H12AsNO5/c1-7(12)11-9(13)16-10(14,15)8-5-3-2-4-6-8/h2-6,9,13H,1H3,(H,11,12)(H,14,15). The van der Waals surface area contributed by atoms with Crippen molar-refractivity contribution >= 4 is 24.4 Å². The molecule has 0 bridgehead atoms. The van der Waals surface area contributed by atoms with Gasteiger partial charge < -0.3 is 0 Å². The fraction of sp³-hybridized carbons (Fsp3) is 0.222. The molecule has 0 saturated heterocycles. The van der Waals surface area contributed by atoms with Crippen LogP contribution in [0.2, 0.25) is 0 Å². The molecule has 0 fully saturated rings. The van der Waals surface area contributed by atoms with E-state index in [9.17, 15) is 12.6 Å². The quantitative estimate of drug-likeness (QED) is 0.472. The Morgan fingerprint density at radius 1 is 1.44 bits per heavy atom. The van der Waals surface area contributed by atoms with Gasteiger partial charge in [0.2, 0.25) is 0 Å². The van der Waals surface area contributed by atoms with E-state index in [1.807, 2.05) is 5.32 Å². The zero-order valence-electron chi connectivity index (χ0n) is 8.53. The third kappa shape index (κ3) is 3.83. The Hall–Kier alpha value is -1.07. The molecule has 7 heteroatoms. The molecule has 0 aliphatic heterocycles. The molecule has 1 aromatic rings. The molecular formula is C9H12AsNO5. The summed E-state index contributed by atoms with van der Waals surface area (Å²) in [6.45, 7) is 1.16. The SMILES string of the molecule is CC(=O)NC(O)O[As](=O)(O)c1ccccc1. The maximum atomic E-state index is 11.7. The van der Waals surface area contributed by atoms with Gasteiger partial charge in [-0.05, 0) is 0 Å². The molecule has 2 atom stereocenters. The molecule has 2 unspecified atom stereocenters. The Morgan fingerprint density at radius 3 is 2.50 bits per heavy atom. The summed E-state index contributed by atoms with van der Waals surface area (Å²) in [4.78, 5) is 10.6. The van der Waals surface area contributed by atoms with Crippen LogP contribution in [0.15, 0.2) is 30.3 Å². The Morgan fingerprint density at radius 2 is 2.00 bits per heavy atom. The number of aliphatic hydroxyl groups is 1. The summed E-state index contributed by atoms with van der Waals surface area (Å²) in [6.07, 6.45) is -1.78. The van der Waals surface area contributed by atoms with Crippen LogP contribution in [0, 0.1) is 0 Å². The Bertz CT molecular complexity index is 408. The van der Waals surface area contributed by atoms with Crippen molar-refractivity contribution in [1.29, 1.82) is 0 Å². The van der Waals surface area contributed by atoms with Crippen molar-refractivity contribution in [3.8, 4) is 0 Å². The second kappa shape index (κ2) is 5.32. The summed E-state index contributed by atoms with van der Waals surface area (Å²) in [5.74, 6) is -0.559. The molecule has 0 spiro atoms. The number of nitrogens with one attached hydrogen (secondary N) is 1. The van der Waals surface area contributed by atoms with Crippen molar-refractivity contribution in [2.24, 2.45) is 0 Å². The van der Waals surface area contributed by atoms with Gasteiger partial charge in [-0.25, -0.2) is 0 Å². The van der Waals surface area contributed by atoms with Crippen LogP contribution < -0.4 is 9.67 Å². The third-order valence-corrected chi connectivity index (χ3v) is 4.67. The van der Waals surface area contributed by atoms with Gasteiger partial charge in [-0.2, -0.15) is 0 Å². The first-order valence-electron chi connectivity index (χ1n) is 4.44. The number of hydrogen-bond acceptors (Lipinski definition) is 4. The first-order chi connectivity index (χ1) is 7.42. The topological polar surface area (TPSA) is 95.9 Å². The van der Waals surface area contributed by atoms with Crippen LogP contribution in [0.25, 0.3) is 0 Å². The van der Waals surface area contributed by atoms with Crippen LogP contribution in [-0.4, -0.2) is 35.7 Å². The average Bonchev–Trinajstić information content (AvgIpc) is 2.16. The van der Waals surface area contributed by atoms with Crippen LogP contribution in [0.1, 0.15) is 6.92 Å². The average molecular weight is 289 g/mol. The van der Waals surface area contributed by atoms with Crippen molar-refractivity contribution in [3.05, 3.63) is 30.3 Å². The normalized spacial score (nSPS) is 16.2. The monoisotopic (exact) mass is 289 g/mol. The number of carbonyl (C=O) groups is 1. The van der Waals surface area contributed by atoms with Gasteiger partial charge in [0.15, 0.2) is 0 Å². The zero-order valence-corrected chi connectivity index (χ0v) is 10.4. The van der Waals surface area contributed by atoms with E-state index in [0.717, 1.165) is 6.92 Å². The molecule has 1 amide bonds. The van der Waals surface area contributed by atoms with Gasteiger partial charge in [-0.15, -0.1) is 0 Å². The summed E-state index contributed by atoms with van der Waals surface area (Å²) in [6, 6.07) is 7.67. The van der Waals surface area contributed by atoms with Gasteiger partial charge in [0.1, 0.15) is 0 Å². The number of benzene rings is 1. The van der Waals surface area contributed by atoms with Crippen LogP contribution in [-0.2, 0) is 12.3 Å². The molecule has 0 heterocycles. The molecule has 88 valence electrons. The van der Waals surface area contributed by atoms with Crippen molar-refractivity contribution in [1.82, 2.24) is 5.32 Å². The molecular weight excluding hydrogens is 277 g/mol. The van der Waals surface area contributed by atoms with E-state index in [1.165, 1.54) is 12.1 Å². The summed E-state index contributed by atoms with van der Waals surface area (Å²) in [5.41, 5.74) is 0. The van der Waals surface area contributed by atoms with E-state index in [0.29, 0.717) is 0 Å². The second-order valence-electron chi connectivity index (χ2n) is 3.01. The molecule has 3 N–H and O–H groups in total. The molecule has 0 aliphatic carbocycles. The Kier molecular flexibility index (Phi) is 4.32. The van der Waals surface area contributed by atoms with E-state index in [-0.39, 0.29) is 4.35 Å². The number of carbonyl (C=O) groups excluding carboxylic acids is 1. The van der Waals surface area contributed by atoms with Crippen molar-refractivity contribution in [2.45, 2.75) is 13.3 Å². The van der Waals surface area contributed by atoms with Gasteiger partial charge in [-0.1, -0.05) is 0 Å². The molecule has 6 nitrogen and oxygen atoms in total. The number of rotatable bonds is 4. The van der Waals surface area contributed by atoms with Crippen LogP contribution in [0.3, 0.4) is 0 Å². The van der Waals surface area contributed by atoms with Gasteiger partial charge >= 0.3 is 94.9 Å². The Labute approximate surface area is 95.2 Å². The summed E-state index contributed by atoms with van der Waals surface area (Å²) in [5, 5.41) is 11.1. The fourth-order valence-electron chi connectivity index (χ4n) is 1.01. The Balaban J connectivity index is 2.72. The van der Waals surface area contributed by atoms with Crippen LogP contribution in [0.4, 0.5) is 0 Å². The third-order valence-electron chi connectivity index (χ3n) is 1.65. The predicted octanol–water partition coefficient (Wildman–Crippen LogP) is -1.32. The summed E-state index contributed by atoms with van der Waals surface area (Å²) >= 11 is -4.78. The molecule has 0 radical (unpaired) electrons. The van der Waals surface area contributed by atoms with E-state index in [4.69, 9.17) is 5.11 Å². The van der Waals surface area contributed by atoms with Gasteiger partial charge in [0.25, 0.3) is 0 Å². The summed E-state index contributed by atoms with van der Waals surface area (Å²) < 4.78 is 25.9. The fourth-order valence-corrected chi connectivity index (χ4v) is 3.10. The molecule has 0 aliphatic rings. The maximum absolute atomic E-state index is 11.7. The number of amides is 1. The summed E-state index contributed by atoms with van der Waals surface area (Å²) in [7, 11) is 0. The first-order valence-corrected chi connectivity index (χ1v) is 7.75. The van der Waals surface area contributed by atoms with Crippen molar-refractivity contribution in [2.75, 3.05) is 0 Å². The first kappa shape index (κ1) is 13.0. The van der Waals surface area contributed by atoms with Gasteiger partial charge in [0.05, 0.1) is 0 Å². The van der Waals surface area contributed by atoms with E-state index in [1.54, 1.807) is 18.2 Å². The van der Waals surface area contributed by atoms with E-state index >= 15 is 0 Å². The zero-order chi connectivity index (χ0) is 12.2. The van der Waals surface area contributed by atoms with Crippen molar-refractivity contribution in [3.63, 3.8) is 0 Å². The minimum atomic E-state index is -4.78. The molecule has 0 saturated carbocycles. The number of hydrogen-bond donors (Lipinski definition) is 3. The number of aliphatic hydroxyl groups excluding tert-OH is 1. The van der Waals surface area contributed by atoms with Gasteiger partial charge in [0, 0.05) is 0 Å². The van der Waals surface area contributed by atoms with Gasteiger partial charge in [-0.3, -0.25) is 0 Å². The molecule has 1 rings (SSSR count). The molecule has 0 aromatic heterocycles. The van der Waals surface area contributed by atoms with E-state index < -0.39 is 26.5 Å². The minimum absolute atomic E-state index is 0.102. The molecule has 1 aromatic carbocycles. The predicted molar refractivity (Wildman–Crippen MR) is 55.6 cm³/mol. The van der Waals surface area contributed by atoms with Crippen molar-refractivity contribution < 1.29 is 21.5 Å². The van der Waals surface area contributed by atoms with E-state index in [2.05, 4.69) is 3.73 Å². The molecule has 16 heavy (non-hydrogen) atoms. The van der Waals surface area contributed by atoms with Crippen LogP contribution in [0.5, 0.6) is 0 Å². The second-order valence-corrected chi connectivity index (χ2v) is 6.72.